The maximum Gasteiger partial charge on any atom is 0.330 e. The van der Waals surface area contributed by atoms with Crippen molar-refractivity contribution in [3.8, 4) is 0 Å². The van der Waals surface area contributed by atoms with Crippen LogP contribution in [0.2, 0.25) is 0 Å². The summed E-state index contributed by atoms with van der Waals surface area (Å²) in [6, 6.07) is 0. The van der Waals surface area contributed by atoms with E-state index in [2.05, 4.69) is 13.5 Å². The quantitative estimate of drug-likeness (QED) is 0.100. The molecule has 0 aromatic rings. The number of aliphatic hydroxyl groups is 3. The van der Waals surface area contributed by atoms with E-state index in [0.29, 0.717) is 51.1 Å². The minimum Gasteiger partial charge on any atom is -0.493 e. The second-order valence-electron chi connectivity index (χ2n) is 13.5. The highest BCUT2D eigenvalue weighted by Gasteiger charge is 2.57. The van der Waals surface area contributed by atoms with Gasteiger partial charge >= 0.3 is 11.9 Å². The monoisotopic (exact) mass is 709 g/mol. The number of unbranched alkanes of at least 4 members (excludes halogenated alkanes) is 4. The minimum atomic E-state index is -2.18. The van der Waals surface area contributed by atoms with E-state index in [1.165, 1.54) is 13.2 Å². The number of methoxy groups -OCH3 is 1. The molecule has 3 rings (SSSR count). The molecular formula is C37H62BO12. The molecule has 7 atom stereocenters. The largest absolute Gasteiger partial charge is 0.493 e. The van der Waals surface area contributed by atoms with E-state index in [4.69, 9.17) is 33.2 Å². The third kappa shape index (κ3) is 14.0. The predicted octanol–water partition coefficient (Wildman–Crippen LogP) is 4.65. The highest BCUT2D eigenvalue weighted by molar-refractivity contribution is 5.83. The molecule has 2 saturated heterocycles. The van der Waals surface area contributed by atoms with Crippen LogP contribution in [0.3, 0.4) is 0 Å². The van der Waals surface area contributed by atoms with Gasteiger partial charge in [0, 0.05) is 52.4 Å². The van der Waals surface area contributed by atoms with Crippen molar-refractivity contribution in [1.82, 2.24) is 0 Å². The van der Waals surface area contributed by atoms with Gasteiger partial charge in [0.1, 0.15) is 6.10 Å². The lowest BCUT2D eigenvalue weighted by molar-refractivity contribution is -0.327. The molecule has 0 aliphatic carbocycles. The molecule has 0 aromatic carbocycles. The predicted molar refractivity (Wildman–Crippen MR) is 189 cm³/mol. The van der Waals surface area contributed by atoms with Crippen molar-refractivity contribution in [1.29, 1.82) is 0 Å². The Kier molecular flexibility index (Phi) is 20.7. The van der Waals surface area contributed by atoms with Crippen LogP contribution in [0.5, 0.6) is 0 Å². The van der Waals surface area contributed by atoms with Crippen LogP contribution in [0.4, 0.5) is 0 Å². The Morgan fingerprint density at radius 1 is 1.06 bits per heavy atom. The Morgan fingerprint density at radius 2 is 1.76 bits per heavy atom. The molecule has 0 unspecified atom stereocenters. The maximum atomic E-state index is 13.2. The van der Waals surface area contributed by atoms with Crippen LogP contribution in [-0.4, -0.2) is 112 Å². The molecule has 3 aliphatic rings. The third-order valence-corrected chi connectivity index (χ3v) is 9.09. The summed E-state index contributed by atoms with van der Waals surface area (Å²) in [5.41, 5.74) is -0.931. The second kappa shape index (κ2) is 22.6. The summed E-state index contributed by atoms with van der Waals surface area (Å²) in [5.74, 6) is -3.10. The fourth-order valence-corrected chi connectivity index (χ4v) is 6.17. The summed E-state index contributed by atoms with van der Waals surface area (Å²) in [6.45, 7) is 10.4. The average Bonchev–Trinajstić information content (AvgIpc) is 3.04. The Bertz CT molecular complexity index is 1090. The Morgan fingerprint density at radius 3 is 2.46 bits per heavy atom. The molecule has 285 valence electrons. The summed E-state index contributed by atoms with van der Waals surface area (Å²) >= 11 is 0. The van der Waals surface area contributed by atoms with Crippen molar-refractivity contribution in [2.45, 2.75) is 148 Å². The van der Waals surface area contributed by atoms with Gasteiger partial charge in [-0.3, -0.25) is 4.79 Å². The number of esters is 2. The molecule has 3 N–H and O–H groups in total. The number of carbonyl (C=O) groups is 2. The van der Waals surface area contributed by atoms with Crippen LogP contribution in [-0.2, 0) is 42.7 Å². The van der Waals surface area contributed by atoms with Gasteiger partial charge in [0.15, 0.2) is 12.4 Å². The summed E-state index contributed by atoms with van der Waals surface area (Å²) < 4.78 is 41.0. The van der Waals surface area contributed by atoms with E-state index in [1.54, 1.807) is 26.0 Å². The first-order valence-corrected chi connectivity index (χ1v) is 17.5. The van der Waals surface area contributed by atoms with Gasteiger partial charge in [-0.1, -0.05) is 66.5 Å². The van der Waals surface area contributed by atoms with Gasteiger partial charge in [-0.15, -0.1) is 0 Å². The van der Waals surface area contributed by atoms with Crippen molar-refractivity contribution in [3.05, 3.63) is 36.1 Å². The lowest BCUT2D eigenvalue weighted by Crippen LogP contribution is -2.62. The number of ether oxygens (including phenoxy) is 7. The Labute approximate surface area is 301 Å². The van der Waals surface area contributed by atoms with E-state index >= 15 is 0 Å². The standard InChI is InChI=1S/C36H58O12.CH4.B/c1-6-7-8-9-10-11-31(39)47-34-26(22-32(40)42-5)21-29-23-30(24-37)45-25(2)20-27(38)13-17-43-18-14-28-15-19-44-33(46-28)12-16-35(3,4)36(34,41)48-29;;/h12,16,22,27-30,33-34,37-38,41H,2,6-11,13-15,17-21,23-24H2,1,3-5H3;1H4;/b16-12+,26-22+;;/t27-,28-,29+,30-,33+,34+,36-;;/m1../s1. The zero-order chi connectivity index (χ0) is 35.2. The van der Waals surface area contributed by atoms with Crippen LogP contribution in [0.25, 0.3) is 0 Å². The fraction of sp³-hybridized carbons (Fsp3) is 0.784. The SMILES string of the molecule is C.C=C1C[C@H](O)CCOCC[C@@H]2CCO[C@H](/C=C/C(C)(C)[C@]3(O)O[C@@H](C/C(=C\C(=O)OC)[C@@H]3OC(=O)CCCCCCC)C[C@H](CO)O1)O2.[B]. The lowest BCUT2D eigenvalue weighted by Gasteiger charge is -2.51. The summed E-state index contributed by atoms with van der Waals surface area (Å²) in [4.78, 5) is 25.8. The van der Waals surface area contributed by atoms with E-state index in [0.717, 1.165) is 25.7 Å². The van der Waals surface area contributed by atoms with E-state index in [-0.39, 0.29) is 53.4 Å². The minimum absolute atomic E-state index is 0. The molecule has 3 aliphatic heterocycles. The smallest absolute Gasteiger partial charge is 0.330 e. The fourth-order valence-electron chi connectivity index (χ4n) is 6.17. The van der Waals surface area contributed by atoms with Crippen molar-refractivity contribution >= 4 is 20.4 Å². The molecule has 0 aromatic heterocycles. The molecule has 2 fully saturated rings. The molecule has 12 nitrogen and oxygen atoms in total. The van der Waals surface area contributed by atoms with Crippen LogP contribution < -0.4 is 0 Å². The van der Waals surface area contributed by atoms with Gasteiger partial charge in [0.25, 0.3) is 0 Å². The molecule has 3 heterocycles. The lowest BCUT2D eigenvalue weighted by atomic mass is 9.74. The van der Waals surface area contributed by atoms with Gasteiger partial charge in [-0.25, -0.2) is 4.79 Å². The summed E-state index contributed by atoms with van der Waals surface area (Å²) in [6.07, 6.45) is 6.91. The van der Waals surface area contributed by atoms with Gasteiger partial charge in [0.2, 0.25) is 5.79 Å². The zero-order valence-electron chi connectivity index (χ0n) is 29.8. The maximum absolute atomic E-state index is 13.2. The number of fused-ring (bicyclic) bond motifs is 4. The number of hydrogen-bond donors (Lipinski definition) is 3. The molecule has 13 heteroatoms. The van der Waals surface area contributed by atoms with Crippen LogP contribution in [0, 0.1) is 5.41 Å². The average molecular weight is 710 g/mol. The third-order valence-electron chi connectivity index (χ3n) is 9.09. The molecular weight excluding hydrogens is 647 g/mol. The molecule has 0 saturated carbocycles. The zero-order valence-corrected chi connectivity index (χ0v) is 29.8. The van der Waals surface area contributed by atoms with Crippen molar-refractivity contribution in [2.75, 3.05) is 33.5 Å². The van der Waals surface area contributed by atoms with Crippen molar-refractivity contribution in [3.63, 3.8) is 0 Å². The van der Waals surface area contributed by atoms with Crippen molar-refractivity contribution in [2.24, 2.45) is 5.41 Å². The highest BCUT2D eigenvalue weighted by atomic mass is 16.7. The first-order valence-electron chi connectivity index (χ1n) is 17.5. The molecule has 3 radical (unpaired) electrons. The van der Waals surface area contributed by atoms with Gasteiger partial charge in [-0.2, -0.15) is 0 Å². The number of hydrogen-bond acceptors (Lipinski definition) is 12. The summed E-state index contributed by atoms with van der Waals surface area (Å²) in [7, 11) is 1.24. The first kappa shape index (κ1) is 45.8. The first-order chi connectivity index (χ1) is 22.9. The molecule has 4 bridgehead atoms. The Hall–Kier alpha value is -2.26. The molecule has 50 heavy (non-hydrogen) atoms. The number of rotatable bonds is 9. The Balaban J connectivity index is 0.00000625. The van der Waals surface area contributed by atoms with Gasteiger partial charge in [-0.05, 0) is 43.8 Å². The summed E-state index contributed by atoms with van der Waals surface area (Å²) in [5, 5.41) is 33.3. The van der Waals surface area contributed by atoms with Gasteiger partial charge < -0.3 is 48.5 Å². The molecule has 0 spiro atoms. The topological polar surface area (TPSA) is 159 Å². The van der Waals surface area contributed by atoms with E-state index < -0.39 is 60.5 Å². The van der Waals surface area contributed by atoms with Crippen LogP contribution in [0.1, 0.15) is 105 Å². The van der Waals surface area contributed by atoms with Gasteiger partial charge in [0.05, 0.1) is 44.4 Å². The normalized spacial score (nSPS) is 32.3. The van der Waals surface area contributed by atoms with Crippen LogP contribution in [0.15, 0.2) is 36.1 Å². The molecule has 0 amide bonds. The van der Waals surface area contributed by atoms with E-state index in [9.17, 15) is 24.9 Å². The number of carbonyl (C=O) groups excluding carboxylic acids is 2. The van der Waals surface area contributed by atoms with E-state index in [1.807, 2.05) is 0 Å². The second-order valence-corrected chi connectivity index (χ2v) is 13.5. The van der Waals surface area contributed by atoms with Crippen LogP contribution >= 0.6 is 0 Å². The van der Waals surface area contributed by atoms with Crippen molar-refractivity contribution < 1.29 is 58.1 Å². The highest BCUT2D eigenvalue weighted by Crippen LogP contribution is 2.47. The number of aliphatic hydroxyl groups excluding tert-OH is 2.